The van der Waals surface area contributed by atoms with Crippen molar-refractivity contribution in [2.75, 3.05) is 38.2 Å². The van der Waals surface area contributed by atoms with Crippen molar-refractivity contribution >= 4 is 22.9 Å². The molecule has 2 saturated heterocycles. The predicted octanol–water partition coefficient (Wildman–Crippen LogP) is 2.89. The fourth-order valence-corrected chi connectivity index (χ4v) is 6.26. The number of piperidine rings is 1. The lowest BCUT2D eigenvalue weighted by Crippen LogP contribution is -2.39. The van der Waals surface area contributed by atoms with Gasteiger partial charge in [-0.15, -0.1) is 0 Å². The summed E-state index contributed by atoms with van der Waals surface area (Å²) in [5.74, 6) is 1.04. The number of aliphatic hydroxyl groups is 3. The maximum absolute atomic E-state index is 11.5. The van der Waals surface area contributed by atoms with Crippen LogP contribution in [0.5, 0.6) is 5.75 Å². The van der Waals surface area contributed by atoms with Crippen molar-refractivity contribution in [2.45, 2.75) is 50.3 Å². The highest BCUT2D eigenvalue weighted by atomic mass is 16.6. The predicted molar refractivity (Wildman–Crippen MR) is 170 cm³/mol. The lowest BCUT2D eigenvalue weighted by Gasteiger charge is -2.30. The first-order valence-corrected chi connectivity index (χ1v) is 15.6. The van der Waals surface area contributed by atoms with Gasteiger partial charge in [-0.3, -0.25) is 9.36 Å². The van der Waals surface area contributed by atoms with Crippen LogP contribution in [0, 0.1) is 5.92 Å². The largest absolute Gasteiger partial charge is 0.493 e. The van der Waals surface area contributed by atoms with Gasteiger partial charge in [0.2, 0.25) is 11.9 Å². The van der Waals surface area contributed by atoms with Gasteiger partial charge in [0.15, 0.2) is 6.23 Å². The first kappa shape index (κ1) is 31.0. The molecule has 3 heterocycles. The Balaban J connectivity index is 1.17. The molecule has 0 aliphatic carbocycles. The molecule has 2 aliphatic rings. The van der Waals surface area contributed by atoms with E-state index in [2.05, 4.69) is 28.4 Å². The Hall–Kier alpha value is -4.00. The molecule has 1 amide bonds. The fraction of sp³-hybridized carbons (Fsp3) is 0.412. The lowest BCUT2D eigenvalue weighted by atomic mass is 9.96. The second-order valence-electron chi connectivity index (χ2n) is 11.8. The standard InChI is InChI=1S/C34H41N5O6/c35-32(43)24-13-16-38(17-14-24)15-6-18-44-28-19-22(11-12-25(28)23-7-2-1-3-8-23)20-36-34-37-26-9-4-5-10-27(26)39(34)33-31(42)30(41)29(21-40)45-33/h1-5,7-12,19,24,29-31,33,40-42H,6,13-18,20-21H2,(H2,35,43)(H,36,37)/t29-,30-,31-,33-/m1/s1. The van der Waals surface area contributed by atoms with E-state index in [4.69, 9.17) is 20.2 Å². The monoisotopic (exact) mass is 615 g/mol. The Labute approximate surface area is 262 Å². The molecule has 1 aromatic heterocycles. The number of hydrogen-bond acceptors (Lipinski definition) is 9. The number of nitrogens with two attached hydrogens (primary N) is 1. The number of hydrogen-bond donors (Lipinski definition) is 5. The van der Waals surface area contributed by atoms with Crippen molar-refractivity contribution in [1.29, 1.82) is 0 Å². The Morgan fingerprint density at radius 1 is 1.02 bits per heavy atom. The zero-order valence-corrected chi connectivity index (χ0v) is 25.2. The lowest BCUT2D eigenvalue weighted by molar-refractivity contribution is -0.123. The minimum atomic E-state index is -1.24. The SMILES string of the molecule is NC(=O)C1CCN(CCCOc2cc(CNc3nc4ccccc4n3[C@@H]3O[C@H](CO)[C@@H](O)[C@H]3O)ccc2-c2ccccc2)CC1. The van der Waals surface area contributed by atoms with E-state index < -0.39 is 31.1 Å². The smallest absolute Gasteiger partial charge is 0.220 e. The summed E-state index contributed by atoms with van der Waals surface area (Å²) in [6, 6.07) is 23.8. The quantitative estimate of drug-likeness (QED) is 0.151. The highest BCUT2D eigenvalue weighted by Crippen LogP contribution is 2.36. The third kappa shape index (κ3) is 6.82. The highest BCUT2D eigenvalue weighted by Gasteiger charge is 2.44. The number of carbonyl (C=O) groups is 1. The summed E-state index contributed by atoms with van der Waals surface area (Å²) >= 11 is 0. The average Bonchev–Trinajstić information content (AvgIpc) is 3.58. The molecule has 4 aromatic rings. The van der Waals surface area contributed by atoms with Crippen LogP contribution in [0.1, 0.15) is 31.1 Å². The molecule has 11 heteroatoms. The molecule has 0 radical (unpaired) electrons. The molecule has 238 valence electrons. The second-order valence-corrected chi connectivity index (χ2v) is 11.8. The summed E-state index contributed by atoms with van der Waals surface area (Å²) in [6.45, 7) is 3.19. The second kappa shape index (κ2) is 14.0. The van der Waals surface area contributed by atoms with Crippen molar-refractivity contribution in [2.24, 2.45) is 11.7 Å². The third-order valence-electron chi connectivity index (χ3n) is 8.82. The zero-order valence-electron chi connectivity index (χ0n) is 25.2. The van der Waals surface area contributed by atoms with Gasteiger partial charge in [0, 0.05) is 24.6 Å². The number of ether oxygens (including phenoxy) is 2. The van der Waals surface area contributed by atoms with E-state index in [-0.39, 0.29) is 11.8 Å². The zero-order chi connectivity index (χ0) is 31.3. The van der Waals surface area contributed by atoms with Crippen LogP contribution in [0.25, 0.3) is 22.2 Å². The number of imidazole rings is 1. The van der Waals surface area contributed by atoms with Crippen LogP contribution in [-0.2, 0) is 16.1 Å². The normalized spacial score (nSPS) is 22.6. The molecule has 6 N–H and O–H groups in total. The summed E-state index contributed by atoms with van der Waals surface area (Å²) in [5, 5.41) is 34.2. The van der Waals surface area contributed by atoms with Crippen LogP contribution in [0.2, 0.25) is 0 Å². The summed E-state index contributed by atoms with van der Waals surface area (Å²) < 4.78 is 14.0. The van der Waals surface area contributed by atoms with Gasteiger partial charge in [0.1, 0.15) is 24.1 Å². The van der Waals surface area contributed by atoms with Gasteiger partial charge in [-0.2, -0.15) is 0 Å². The molecule has 0 unspecified atom stereocenters. The van der Waals surface area contributed by atoms with Crippen LogP contribution in [0.3, 0.4) is 0 Å². The van der Waals surface area contributed by atoms with Crippen molar-refractivity contribution < 1.29 is 29.6 Å². The fourth-order valence-electron chi connectivity index (χ4n) is 6.26. The molecular formula is C34H41N5O6. The number of benzene rings is 3. The maximum Gasteiger partial charge on any atom is 0.220 e. The highest BCUT2D eigenvalue weighted by molar-refractivity contribution is 5.79. The molecule has 0 bridgehead atoms. The van der Waals surface area contributed by atoms with Crippen molar-refractivity contribution in [3.8, 4) is 16.9 Å². The van der Waals surface area contributed by atoms with E-state index in [0.29, 0.717) is 24.6 Å². The number of nitrogens with zero attached hydrogens (tertiary/aromatic N) is 3. The molecule has 0 spiro atoms. The summed E-state index contributed by atoms with van der Waals surface area (Å²) in [4.78, 5) is 18.6. The van der Waals surface area contributed by atoms with Crippen molar-refractivity contribution in [3.05, 3.63) is 78.4 Å². The minimum Gasteiger partial charge on any atom is -0.493 e. The molecular weight excluding hydrogens is 574 g/mol. The summed E-state index contributed by atoms with van der Waals surface area (Å²) in [5.41, 5.74) is 9.96. The van der Waals surface area contributed by atoms with Crippen LogP contribution >= 0.6 is 0 Å². The molecule has 6 rings (SSSR count). The van der Waals surface area contributed by atoms with E-state index in [9.17, 15) is 20.1 Å². The molecule has 4 atom stereocenters. The number of anilines is 1. The van der Waals surface area contributed by atoms with Crippen molar-refractivity contribution in [3.63, 3.8) is 0 Å². The molecule has 3 aromatic carbocycles. The number of rotatable bonds is 12. The molecule has 0 saturated carbocycles. The third-order valence-corrected chi connectivity index (χ3v) is 8.82. The van der Waals surface area contributed by atoms with E-state index in [0.717, 1.165) is 66.9 Å². The van der Waals surface area contributed by atoms with Gasteiger partial charge in [-0.25, -0.2) is 4.98 Å². The summed E-state index contributed by atoms with van der Waals surface area (Å²) in [7, 11) is 0. The minimum absolute atomic E-state index is 0.0152. The number of aliphatic hydroxyl groups excluding tert-OH is 3. The number of carbonyl (C=O) groups excluding carboxylic acids is 1. The number of primary amides is 1. The van der Waals surface area contributed by atoms with Crippen LogP contribution in [-0.4, -0.2) is 86.8 Å². The topological polar surface area (TPSA) is 155 Å². The number of para-hydroxylation sites is 2. The van der Waals surface area contributed by atoms with Crippen LogP contribution in [0.15, 0.2) is 72.8 Å². The molecule has 45 heavy (non-hydrogen) atoms. The molecule has 11 nitrogen and oxygen atoms in total. The molecule has 2 aliphatic heterocycles. The van der Waals surface area contributed by atoms with Gasteiger partial charge < -0.3 is 40.7 Å². The van der Waals surface area contributed by atoms with E-state index in [1.54, 1.807) is 4.57 Å². The van der Waals surface area contributed by atoms with Gasteiger partial charge in [0.25, 0.3) is 0 Å². The van der Waals surface area contributed by atoms with Crippen LogP contribution < -0.4 is 15.8 Å². The number of fused-ring (bicyclic) bond motifs is 1. The molecule has 2 fully saturated rings. The Kier molecular flexibility index (Phi) is 9.62. The maximum atomic E-state index is 11.5. The van der Waals surface area contributed by atoms with Gasteiger partial charge in [-0.05, 0) is 61.7 Å². The van der Waals surface area contributed by atoms with Gasteiger partial charge in [0.05, 0.1) is 24.2 Å². The van der Waals surface area contributed by atoms with Crippen molar-refractivity contribution in [1.82, 2.24) is 14.5 Å². The first-order valence-electron chi connectivity index (χ1n) is 15.6. The van der Waals surface area contributed by atoms with Gasteiger partial charge in [-0.1, -0.05) is 54.6 Å². The van der Waals surface area contributed by atoms with E-state index >= 15 is 0 Å². The number of amides is 1. The van der Waals surface area contributed by atoms with E-state index in [1.807, 2.05) is 54.6 Å². The Morgan fingerprint density at radius 3 is 2.51 bits per heavy atom. The number of nitrogens with one attached hydrogen (secondary N) is 1. The average molecular weight is 616 g/mol. The van der Waals surface area contributed by atoms with Crippen LogP contribution in [0.4, 0.5) is 5.95 Å². The number of likely N-dealkylation sites (tertiary alicyclic amines) is 1. The van der Waals surface area contributed by atoms with Gasteiger partial charge >= 0.3 is 0 Å². The van der Waals surface area contributed by atoms with E-state index in [1.165, 1.54) is 0 Å². The Morgan fingerprint density at radius 2 is 1.78 bits per heavy atom. The Bertz CT molecular complexity index is 1590. The summed E-state index contributed by atoms with van der Waals surface area (Å²) in [6.07, 6.45) is -1.80. The number of aromatic nitrogens is 2. The first-order chi connectivity index (χ1) is 21.9.